The Hall–Kier alpha value is -2.32. The minimum Gasteiger partial charge on any atom is -0.352 e. The third kappa shape index (κ3) is 3.35. The van der Waals surface area contributed by atoms with Gasteiger partial charge in [-0.1, -0.05) is 0 Å². The second kappa shape index (κ2) is 7.01. The lowest BCUT2D eigenvalue weighted by Gasteiger charge is -2.48. The number of nitrogens with zero attached hydrogens (tertiary/aromatic N) is 8. The van der Waals surface area contributed by atoms with E-state index in [0.29, 0.717) is 6.04 Å². The molecule has 0 aromatic carbocycles. The van der Waals surface area contributed by atoms with Crippen LogP contribution in [0.1, 0.15) is 11.3 Å². The molecule has 142 valence electrons. The topological polar surface area (TPSA) is 64.5 Å². The largest absolute Gasteiger partial charge is 0.352 e. The summed E-state index contributed by atoms with van der Waals surface area (Å²) >= 11 is 0. The van der Waals surface area contributed by atoms with E-state index in [1.165, 1.54) is 11.3 Å². The van der Waals surface area contributed by atoms with E-state index < -0.39 is 0 Å². The third-order valence-corrected chi connectivity index (χ3v) is 5.97. The fraction of sp³-hybridized carbons (Fsp3) is 0.579. The van der Waals surface area contributed by atoms with Gasteiger partial charge in [0.1, 0.15) is 0 Å². The van der Waals surface area contributed by atoms with Gasteiger partial charge in [-0.3, -0.25) is 4.90 Å². The van der Waals surface area contributed by atoms with Crippen LogP contribution >= 0.6 is 0 Å². The molecule has 2 aromatic heterocycles. The molecule has 0 bridgehead atoms. The maximum atomic E-state index is 4.49. The second-order valence-corrected chi connectivity index (χ2v) is 7.79. The normalized spacial score (nSPS) is 21.8. The van der Waals surface area contributed by atoms with Crippen LogP contribution in [0.25, 0.3) is 0 Å². The zero-order chi connectivity index (χ0) is 18.2. The van der Waals surface area contributed by atoms with Gasteiger partial charge >= 0.3 is 0 Å². The van der Waals surface area contributed by atoms with E-state index in [-0.39, 0.29) is 0 Å². The van der Waals surface area contributed by atoms with E-state index in [9.17, 15) is 0 Å². The summed E-state index contributed by atoms with van der Waals surface area (Å²) in [6.45, 7) is 8.27. The number of likely N-dealkylation sites (N-methyl/N-ethyl adjacent to an activating group) is 1. The molecule has 0 spiro atoms. The Balaban J connectivity index is 1.16. The average Bonchev–Trinajstić information content (AvgIpc) is 2.68. The molecular formula is C19H26N8. The van der Waals surface area contributed by atoms with Crippen molar-refractivity contribution in [2.75, 3.05) is 62.7 Å². The minimum absolute atomic E-state index is 0.615. The smallest absolute Gasteiger partial charge is 0.225 e. The molecule has 5 rings (SSSR count). The zero-order valence-corrected chi connectivity index (χ0v) is 15.8. The molecule has 27 heavy (non-hydrogen) atoms. The quantitative estimate of drug-likeness (QED) is 0.767. The highest BCUT2D eigenvalue weighted by molar-refractivity contribution is 5.45. The van der Waals surface area contributed by atoms with Gasteiger partial charge in [0, 0.05) is 77.2 Å². The van der Waals surface area contributed by atoms with Crippen LogP contribution < -0.4 is 9.80 Å². The van der Waals surface area contributed by atoms with Crippen molar-refractivity contribution in [2.24, 2.45) is 0 Å². The van der Waals surface area contributed by atoms with Crippen LogP contribution in [0.2, 0.25) is 0 Å². The molecule has 0 radical (unpaired) electrons. The summed E-state index contributed by atoms with van der Waals surface area (Å²) in [6.07, 6.45) is 4.64. The lowest BCUT2D eigenvalue weighted by Crippen LogP contribution is -2.63. The predicted molar refractivity (Wildman–Crippen MR) is 104 cm³/mol. The van der Waals surface area contributed by atoms with Crippen molar-refractivity contribution in [3.05, 3.63) is 35.8 Å². The van der Waals surface area contributed by atoms with Crippen molar-refractivity contribution in [3.8, 4) is 0 Å². The number of hydrogen-bond acceptors (Lipinski definition) is 8. The van der Waals surface area contributed by atoms with Gasteiger partial charge in [0.15, 0.2) is 5.82 Å². The monoisotopic (exact) mass is 366 g/mol. The molecule has 2 fully saturated rings. The van der Waals surface area contributed by atoms with Gasteiger partial charge in [0.25, 0.3) is 0 Å². The highest BCUT2D eigenvalue weighted by Crippen LogP contribution is 2.26. The summed E-state index contributed by atoms with van der Waals surface area (Å²) < 4.78 is 0. The lowest BCUT2D eigenvalue weighted by atomic mass is 10.0. The number of fused-ring (bicyclic) bond motifs is 1. The molecule has 2 aromatic rings. The molecule has 3 aliphatic rings. The average molecular weight is 366 g/mol. The molecule has 8 nitrogen and oxygen atoms in total. The Labute approximate surface area is 159 Å². The van der Waals surface area contributed by atoms with E-state index in [2.05, 4.69) is 52.9 Å². The summed E-state index contributed by atoms with van der Waals surface area (Å²) in [5, 5.41) is 8.97. The van der Waals surface area contributed by atoms with Gasteiger partial charge < -0.3 is 14.7 Å². The SMILES string of the molecule is CN1CCc2nnc(N3CC(N4CCN(c5ncccn5)CC4)C3)cc2C1. The zero-order valence-electron chi connectivity index (χ0n) is 15.8. The van der Waals surface area contributed by atoms with Gasteiger partial charge in [-0.15, -0.1) is 5.10 Å². The molecule has 0 aliphatic carbocycles. The fourth-order valence-corrected chi connectivity index (χ4v) is 4.23. The minimum atomic E-state index is 0.615. The molecular weight excluding hydrogens is 340 g/mol. The number of piperazine rings is 1. The highest BCUT2D eigenvalue weighted by Gasteiger charge is 2.35. The molecule has 0 saturated carbocycles. The number of aromatic nitrogens is 4. The maximum absolute atomic E-state index is 4.49. The second-order valence-electron chi connectivity index (χ2n) is 7.79. The first-order valence-corrected chi connectivity index (χ1v) is 9.81. The van der Waals surface area contributed by atoms with Crippen molar-refractivity contribution in [3.63, 3.8) is 0 Å². The van der Waals surface area contributed by atoms with Gasteiger partial charge in [-0.25, -0.2) is 9.97 Å². The van der Waals surface area contributed by atoms with Crippen molar-refractivity contribution < 1.29 is 0 Å². The summed E-state index contributed by atoms with van der Waals surface area (Å²) in [7, 11) is 2.17. The summed E-state index contributed by atoms with van der Waals surface area (Å²) in [5.41, 5.74) is 2.52. The number of anilines is 2. The van der Waals surface area contributed by atoms with Crippen LogP contribution in [-0.2, 0) is 13.0 Å². The third-order valence-electron chi connectivity index (χ3n) is 5.97. The van der Waals surface area contributed by atoms with Gasteiger partial charge in [-0.05, 0) is 24.7 Å². The summed E-state index contributed by atoms with van der Waals surface area (Å²) in [6, 6.07) is 4.73. The maximum Gasteiger partial charge on any atom is 0.225 e. The fourth-order valence-electron chi connectivity index (χ4n) is 4.23. The van der Waals surface area contributed by atoms with Gasteiger partial charge in [0.2, 0.25) is 5.95 Å². The number of rotatable bonds is 3. The number of hydrogen-bond donors (Lipinski definition) is 0. The standard InChI is InChI=1S/C19H26N8/c1-24-6-3-17-15(12-24)11-18(23-22-17)27-13-16(14-27)25-7-9-26(10-8-25)19-20-4-2-5-21-19/h2,4-5,11,16H,3,6-10,12-14H2,1H3. The van der Waals surface area contributed by atoms with Crippen LogP contribution in [0.4, 0.5) is 11.8 Å². The Morgan fingerprint density at radius 3 is 2.48 bits per heavy atom. The van der Waals surface area contributed by atoms with E-state index in [1.54, 1.807) is 0 Å². The van der Waals surface area contributed by atoms with E-state index >= 15 is 0 Å². The van der Waals surface area contributed by atoms with Gasteiger partial charge in [0.05, 0.1) is 5.69 Å². The van der Waals surface area contributed by atoms with E-state index in [1.807, 2.05) is 18.5 Å². The Morgan fingerprint density at radius 2 is 1.70 bits per heavy atom. The van der Waals surface area contributed by atoms with Crippen molar-refractivity contribution >= 4 is 11.8 Å². The molecule has 5 heterocycles. The van der Waals surface area contributed by atoms with Crippen molar-refractivity contribution in [1.82, 2.24) is 30.0 Å². The van der Waals surface area contributed by atoms with Crippen LogP contribution in [0, 0.1) is 0 Å². The van der Waals surface area contributed by atoms with E-state index in [4.69, 9.17) is 0 Å². The summed E-state index contributed by atoms with van der Waals surface area (Å²) in [5.74, 6) is 1.89. The summed E-state index contributed by atoms with van der Waals surface area (Å²) in [4.78, 5) is 18.3. The van der Waals surface area contributed by atoms with Gasteiger partial charge in [-0.2, -0.15) is 5.10 Å². The highest BCUT2D eigenvalue weighted by atomic mass is 15.4. The first-order chi connectivity index (χ1) is 13.3. The lowest BCUT2D eigenvalue weighted by molar-refractivity contribution is 0.156. The Kier molecular flexibility index (Phi) is 4.37. The predicted octanol–water partition coefficient (Wildman–Crippen LogP) is 0.265. The van der Waals surface area contributed by atoms with Crippen LogP contribution in [-0.4, -0.2) is 88.9 Å². The van der Waals surface area contributed by atoms with Crippen molar-refractivity contribution in [2.45, 2.75) is 19.0 Å². The first-order valence-electron chi connectivity index (χ1n) is 9.81. The molecule has 2 saturated heterocycles. The van der Waals surface area contributed by atoms with Crippen molar-refractivity contribution in [1.29, 1.82) is 0 Å². The first kappa shape index (κ1) is 16.8. The Morgan fingerprint density at radius 1 is 0.926 bits per heavy atom. The molecule has 0 unspecified atom stereocenters. The Bertz CT molecular complexity index is 784. The molecule has 8 heteroatoms. The molecule has 3 aliphatic heterocycles. The molecule has 0 atom stereocenters. The van der Waals surface area contributed by atoms with E-state index in [0.717, 1.165) is 70.5 Å². The van der Waals surface area contributed by atoms with Crippen LogP contribution in [0.15, 0.2) is 24.5 Å². The van der Waals surface area contributed by atoms with Crippen LogP contribution in [0.5, 0.6) is 0 Å². The van der Waals surface area contributed by atoms with Crippen LogP contribution in [0.3, 0.4) is 0 Å². The molecule has 0 N–H and O–H groups in total. The molecule has 0 amide bonds.